The lowest BCUT2D eigenvalue weighted by atomic mass is 10.2. The van der Waals surface area contributed by atoms with Crippen LogP contribution in [0.4, 0.5) is 23.2 Å². The minimum absolute atomic E-state index is 0.0869. The molecule has 0 aromatic heterocycles. The van der Waals surface area contributed by atoms with Gasteiger partial charge in [-0.3, -0.25) is 4.79 Å². The predicted octanol–water partition coefficient (Wildman–Crippen LogP) is 4.86. The van der Waals surface area contributed by atoms with Gasteiger partial charge in [-0.15, -0.1) is 0 Å². The van der Waals surface area contributed by atoms with Crippen LogP contribution in [0, 0.1) is 0 Å². The molecule has 0 aliphatic heterocycles. The number of alkyl halides is 4. The first-order valence-electron chi connectivity index (χ1n) is 6.36. The Morgan fingerprint density at radius 2 is 1.65 bits per heavy atom. The van der Waals surface area contributed by atoms with Gasteiger partial charge in [0.25, 0.3) is 11.7 Å². The zero-order valence-corrected chi connectivity index (χ0v) is 12.3. The smallest absolute Gasteiger partial charge is 0.387 e. The third-order valence-electron chi connectivity index (χ3n) is 2.69. The molecular formula is C15H11F4NO2S. The van der Waals surface area contributed by atoms with Crippen LogP contribution >= 0.6 is 11.8 Å². The second kappa shape index (κ2) is 7.87. The number of para-hydroxylation sites is 2. The molecule has 2 rings (SSSR count). The standard InChI is InChI=1S/C15H11F4NO2S/c16-14(17)22-12-4-2-1-3-11(12)20-13(21)9-5-7-10(8-6-9)23-15(18)19/h1-8,14-15H,(H,20,21). The fourth-order valence-corrected chi connectivity index (χ4v) is 2.25. The summed E-state index contributed by atoms with van der Waals surface area (Å²) >= 11 is 0.364. The number of hydrogen-bond acceptors (Lipinski definition) is 3. The SMILES string of the molecule is O=C(Nc1ccccc1OC(F)F)c1ccc(SC(F)F)cc1. The van der Waals surface area contributed by atoms with Crippen LogP contribution < -0.4 is 10.1 Å². The van der Waals surface area contributed by atoms with Crippen molar-refractivity contribution < 1.29 is 27.1 Å². The summed E-state index contributed by atoms with van der Waals surface area (Å²) in [6, 6.07) is 11.3. The minimum atomic E-state index is -3.02. The van der Waals surface area contributed by atoms with Crippen molar-refractivity contribution in [2.24, 2.45) is 0 Å². The number of rotatable bonds is 6. The summed E-state index contributed by atoms with van der Waals surface area (Å²) < 4.78 is 53.4. The van der Waals surface area contributed by atoms with E-state index in [4.69, 9.17) is 0 Å². The van der Waals surface area contributed by atoms with Crippen LogP contribution in [0.15, 0.2) is 53.4 Å². The molecular weight excluding hydrogens is 334 g/mol. The van der Waals surface area contributed by atoms with Gasteiger partial charge in [0.1, 0.15) is 5.75 Å². The van der Waals surface area contributed by atoms with E-state index in [1.165, 1.54) is 42.5 Å². The van der Waals surface area contributed by atoms with Gasteiger partial charge in [0, 0.05) is 10.5 Å². The molecule has 2 aromatic carbocycles. The molecule has 0 radical (unpaired) electrons. The molecule has 1 N–H and O–H groups in total. The summed E-state index contributed by atoms with van der Waals surface area (Å²) in [6.45, 7) is -3.02. The van der Waals surface area contributed by atoms with Crippen LogP contribution in [0.1, 0.15) is 10.4 Å². The van der Waals surface area contributed by atoms with Gasteiger partial charge in [0.05, 0.1) is 5.69 Å². The Bertz CT molecular complexity index is 665. The normalized spacial score (nSPS) is 10.9. The average Bonchev–Trinajstić information content (AvgIpc) is 2.49. The van der Waals surface area contributed by atoms with Gasteiger partial charge in [-0.2, -0.15) is 17.6 Å². The van der Waals surface area contributed by atoms with Crippen molar-refractivity contribution in [3.05, 3.63) is 54.1 Å². The highest BCUT2D eigenvalue weighted by Gasteiger charge is 2.13. The van der Waals surface area contributed by atoms with Crippen LogP contribution in [-0.2, 0) is 0 Å². The number of ether oxygens (including phenoxy) is 1. The van der Waals surface area contributed by atoms with Gasteiger partial charge < -0.3 is 10.1 Å². The highest BCUT2D eigenvalue weighted by molar-refractivity contribution is 7.99. The largest absolute Gasteiger partial charge is 0.433 e. The zero-order valence-electron chi connectivity index (χ0n) is 11.5. The maximum atomic E-state index is 12.3. The highest BCUT2D eigenvalue weighted by Crippen LogP contribution is 2.27. The molecule has 0 fully saturated rings. The van der Waals surface area contributed by atoms with Crippen molar-refractivity contribution >= 4 is 23.4 Å². The maximum Gasteiger partial charge on any atom is 0.387 e. The van der Waals surface area contributed by atoms with E-state index in [1.807, 2.05) is 0 Å². The number of halogens is 4. The Kier molecular flexibility index (Phi) is 5.86. The Hall–Kier alpha value is -2.22. The summed E-state index contributed by atoms with van der Waals surface area (Å²) in [6.07, 6.45) is 0. The third-order valence-corrected chi connectivity index (χ3v) is 3.42. The van der Waals surface area contributed by atoms with Crippen molar-refractivity contribution in [1.29, 1.82) is 0 Å². The first-order chi connectivity index (χ1) is 11.0. The lowest BCUT2D eigenvalue weighted by Crippen LogP contribution is -2.13. The van der Waals surface area contributed by atoms with Crippen LogP contribution in [-0.4, -0.2) is 18.3 Å². The van der Waals surface area contributed by atoms with Gasteiger partial charge in [0.15, 0.2) is 0 Å². The number of amides is 1. The van der Waals surface area contributed by atoms with Crippen molar-refractivity contribution in [3.8, 4) is 5.75 Å². The van der Waals surface area contributed by atoms with Crippen LogP contribution in [0.25, 0.3) is 0 Å². The van der Waals surface area contributed by atoms with Crippen molar-refractivity contribution in [2.75, 3.05) is 5.32 Å². The van der Waals surface area contributed by atoms with Crippen LogP contribution in [0.5, 0.6) is 5.75 Å². The lowest BCUT2D eigenvalue weighted by molar-refractivity contribution is -0.0493. The summed E-state index contributed by atoms with van der Waals surface area (Å²) in [5.74, 6) is -3.28. The molecule has 0 saturated heterocycles. The molecule has 122 valence electrons. The van der Waals surface area contributed by atoms with Crippen LogP contribution in [0.3, 0.4) is 0 Å². The van der Waals surface area contributed by atoms with E-state index < -0.39 is 18.3 Å². The highest BCUT2D eigenvalue weighted by atomic mass is 32.2. The van der Waals surface area contributed by atoms with E-state index >= 15 is 0 Å². The number of carbonyl (C=O) groups excluding carboxylic acids is 1. The van der Waals surface area contributed by atoms with E-state index in [0.717, 1.165) is 0 Å². The molecule has 8 heteroatoms. The molecule has 0 spiro atoms. The monoisotopic (exact) mass is 345 g/mol. The Balaban J connectivity index is 2.10. The van der Waals surface area contributed by atoms with E-state index in [9.17, 15) is 22.4 Å². The first-order valence-corrected chi connectivity index (χ1v) is 7.24. The van der Waals surface area contributed by atoms with Crippen molar-refractivity contribution in [2.45, 2.75) is 17.3 Å². The Morgan fingerprint density at radius 3 is 2.26 bits per heavy atom. The number of benzene rings is 2. The molecule has 0 aliphatic carbocycles. The predicted molar refractivity (Wildman–Crippen MR) is 79.3 cm³/mol. The second-order valence-corrected chi connectivity index (χ2v) is 5.30. The number of hydrogen-bond donors (Lipinski definition) is 1. The number of anilines is 1. The van der Waals surface area contributed by atoms with Gasteiger partial charge in [0.2, 0.25) is 0 Å². The summed E-state index contributed by atoms with van der Waals surface area (Å²) in [7, 11) is 0. The van der Waals surface area contributed by atoms with Gasteiger partial charge >= 0.3 is 6.61 Å². The molecule has 0 unspecified atom stereocenters. The molecule has 0 bridgehead atoms. The van der Waals surface area contributed by atoms with E-state index in [2.05, 4.69) is 10.1 Å². The molecule has 23 heavy (non-hydrogen) atoms. The minimum Gasteiger partial charge on any atom is -0.433 e. The quantitative estimate of drug-likeness (QED) is 0.600. The number of carbonyl (C=O) groups is 1. The number of nitrogens with one attached hydrogen (secondary N) is 1. The van der Waals surface area contributed by atoms with Gasteiger partial charge in [-0.25, -0.2) is 0 Å². The lowest BCUT2D eigenvalue weighted by Gasteiger charge is -2.11. The Labute approximate surface area is 133 Å². The van der Waals surface area contributed by atoms with Crippen molar-refractivity contribution in [3.63, 3.8) is 0 Å². The first kappa shape index (κ1) is 17.1. The molecule has 0 atom stereocenters. The van der Waals surface area contributed by atoms with Crippen molar-refractivity contribution in [1.82, 2.24) is 0 Å². The van der Waals surface area contributed by atoms with Crippen LogP contribution in [0.2, 0.25) is 0 Å². The fraction of sp³-hybridized carbons (Fsp3) is 0.133. The summed E-state index contributed by atoms with van der Waals surface area (Å²) in [5, 5.41) is 2.44. The van der Waals surface area contributed by atoms with E-state index in [0.29, 0.717) is 16.7 Å². The maximum absolute atomic E-state index is 12.3. The molecule has 0 saturated carbocycles. The molecule has 3 nitrogen and oxygen atoms in total. The molecule has 0 heterocycles. The zero-order chi connectivity index (χ0) is 16.8. The molecule has 2 aromatic rings. The van der Waals surface area contributed by atoms with Gasteiger partial charge in [-0.1, -0.05) is 23.9 Å². The molecule has 1 amide bonds. The third kappa shape index (κ3) is 5.17. The summed E-state index contributed by atoms with van der Waals surface area (Å²) in [4.78, 5) is 12.4. The second-order valence-electron chi connectivity index (χ2n) is 4.23. The van der Waals surface area contributed by atoms with Gasteiger partial charge in [-0.05, 0) is 36.4 Å². The van der Waals surface area contributed by atoms with E-state index in [-0.39, 0.29) is 17.0 Å². The van der Waals surface area contributed by atoms with E-state index in [1.54, 1.807) is 6.07 Å². The average molecular weight is 345 g/mol. The Morgan fingerprint density at radius 1 is 1.00 bits per heavy atom. The topological polar surface area (TPSA) is 38.3 Å². The summed E-state index contributed by atoms with van der Waals surface area (Å²) in [5.41, 5.74) is 0.291. The molecule has 0 aliphatic rings. The fourth-order valence-electron chi connectivity index (χ4n) is 1.75. The number of thioether (sulfide) groups is 1.